The van der Waals surface area contributed by atoms with E-state index < -0.39 is 14.9 Å². The molecule has 0 unspecified atom stereocenters. The summed E-state index contributed by atoms with van der Waals surface area (Å²) in [5, 5.41) is 16.7. The number of aromatic nitrogens is 3. The van der Waals surface area contributed by atoms with Gasteiger partial charge in [-0.15, -0.1) is 10.1 Å². The van der Waals surface area contributed by atoms with Gasteiger partial charge in [-0.25, -0.2) is 8.42 Å². The molecule has 9 nitrogen and oxygen atoms in total. The highest BCUT2D eigenvalue weighted by molar-refractivity contribution is 7.90. The third-order valence-electron chi connectivity index (χ3n) is 3.87. The normalized spacial score (nSPS) is 11.3. The van der Waals surface area contributed by atoms with Crippen LogP contribution < -0.4 is 0 Å². The van der Waals surface area contributed by atoms with Gasteiger partial charge in [-0.2, -0.15) is 5.10 Å². The summed E-state index contributed by atoms with van der Waals surface area (Å²) in [6.07, 6.45) is 2.99. The second-order valence-electron chi connectivity index (χ2n) is 5.74. The van der Waals surface area contributed by atoms with Crippen molar-refractivity contribution < 1.29 is 18.3 Å². The number of hydrogen-bond acceptors (Lipinski definition) is 7. The molecule has 0 fully saturated rings. The lowest BCUT2D eigenvalue weighted by molar-refractivity contribution is -0.757. The average Bonchev–Trinajstić information content (AvgIpc) is 3.05. The highest BCUT2D eigenvalue weighted by atomic mass is 32.2. The van der Waals surface area contributed by atoms with Crippen LogP contribution in [-0.2, 0) is 21.1 Å². The number of rotatable bonds is 7. The summed E-state index contributed by atoms with van der Waals surface area (Å²) in [6, 6.07) is 11.8. The summed E-state index contributed by atoms with van der Waals surface area (Å²) in [5.74, 6) is 0. The minimum atomic E-state index is -3.30. The van der Waals surface area contributed by atoms with Crippen molar-refractivity contribution in [1.29, 1.82) is 0 Å². The maximum atomic E-state index is 11.6. The minimum absolute atomic E-state index is 0.135. The van der Waals surface area contributed by atoms with Crippen molar-refractivity contribution in [3.8, 4) is 22.5 Å². The molecule has 1 N–H and O–H groups in total. The molecule has 3 aromatic rings. The van der Waals surface area contributed by atoms with Crippen LogP contribution in [-0.4, -0.2) is 41.5 Å². The smallest absolute Gasteiger partial charge is 0.294 e. The van der Waals surface area contributed by atoms with Crippen molar-refractivity contribution in [2.75, 3.05) is 12.9 Å². The Hall–Kier alpha value is -3.27. The number of nitrogens with one attached hydrogen (secondary N) is 1. The molecule has 10 heteroatoms. The first-order valence-electron chi connectivity index (χ1n) is 7.92. The molecule has 0 spiro atoms. The molecule has 0 aliphatic rings. The van der Waals surface area contributed by atoms with E-state index in [0.717, 1.165) is 11.8 Å². The Bertz CT molecular complexity index is 1050. The van der Waals surface area contributed by atoms with Gasteiger partial charge in [-0.05, 0) is 24.3 Å². The Morgan fingerprint density at radius 3 is 2.52 bits per heavy atom. The Morgan fingerprint density at radius 2 is 1.93 bits per heavy atom. The van der Waals surface area contributed by atoms with Crippen LogP contribution in [0.2, 0.25) is 0 Å². The zero-order valence-electron chi connectivity index (χ0n) is 14.3. The summed E-state index contributed by atoms with van der Waals surface area (Å²) in [4.78, 5) is 19.3. The molecule has 2 heterocycles. The predicted molar refractivity (Wildman–Crippen MR) is 97.0 cm³/mol. The third-order valence-corrected chi connectivity index (χ3v) is 5.00. The molecule has 140 valence electrons. The van der Waals surface area contributed by atoms with E-state index in [1.54, 1.807) is 30.5 Å². The molecule has 0 aliphatic heterocycles. The molecule has 0 saturated carbocycles. The topological polar surface area (TPSA) is 128 Å². The Morgan fingerprint density at radius 1 is 1.19 bits per heavy atom. The lowest BCUT2D eigenvalue weighted by Gasteiger charge is -2.07. The number of H-pyrrole nitrogens is 1. The lowest BCUT2D eigenvalue weighted by Crippen LogP contribution is -2.05. The van der Waals surface area contributed by atoms with E-state index in [1.165, 1.54) is 12.1 Å². The second-order valence-corrected chi connectivity index (χ2v) is 7.75. The Balaban J connectivity index is 2.02. The minimum Gasteiger partial charge on any atom is -0.313 e. The zero-order chi connectivity index (χ0) is 19.4. The summed E-state index contributed by atoms with van der Waals surface area (Å²) in [6.45, 7) is -0.135. The predicted octanol–water partition coefficient (Wildman–Crippen LogP) is 2.29. The van der Waals surface area contributed by atoms with Gasteiger partial charge in [0, 0.05) is 30.0 Å². The monoisotopic (exact) mass is 388 g/mol. The van der Waals surface area contributed by atoms with Gasteiger partial charge in [0.05, 0.1) is 22.0 Å². The molecule has 0 bridgehead atoms. The Kier molecular flexibility index (Phi) is 5.17. The van der Waals surface area contributed by atoms with Gasteiger partial charge in [0.1, 0.15) is 6.61 Å². The van der Waals surface area contributed by atoms with Crippen molar-refractivity contribution in [3.05, 3.63) is 64.5 Å². The Labute approximate surface area is 155 Å². The van der Waals surface area contributed by atoms with Crippen molar-refractivity contribution in [1.82, 2.24) is 15.2 Å². The van der Waals surface area contributed by atoms with E-state index in [-0.39, 0.29) is 17.9 Å². The fourth-order valence-electron chi connectivity index (χ4n) is 2.64. The van der Waals surface area contributed by atoms with Gasteiger partial charge in [0.15, 0.2) is 9.84 Å². The lowest BCUT2D eigenvalue weighted by atomic mass is 10.0. The van der Waals surface area contributed by atoms with E-state index in [1.807, 2.05) is 6.07 Å². The molecule has 1 aromatic carbocycles. The van der Waals surface area contributed by atoms with Gasteiger partial charge in [-0.3, -0.25) is 10.1 Å². The van der Waals surface area contributed by atoms with Crippen LogP contribution in [0.3, 0.4) is 0 Å². The SMILES string of the molecule is CS(=O)(=O)c1ccc(-c2[nH]nc(CCO[N+](=O)[O-])c2-c2ccccn2)cc1. The average molecular weight is 388 g/mol. The van der Waals surface area contributed by atoms with Gasteiger partial charge in [0.25, 0.3) is 5.09 Å². The summed E-state index contributed by atoms with van der Waals surface area (Å²) >= 11 is 0. The number of benzene rings is 1. The summed E-state index contributed by atoms with van der Waals surface area (Å²) in [7, 11) is -3.30. The van der Waals surface area contributed by atoms with E-state index in [4.69, 9.17) is 0 Å². The molecule has 0 atom stereocenters. The maximum Gasteiger partial charge on any atom is 0.294 e. The van der Waals surface area contributed by atoms with Gasteiger partial charge >= 0.3 is 0 Å². The first-order valence-corrected chi connectivity index (χ1v) is 9.82. The van der Waals surface area contributed by atoms with Crippen LogP contribution >= 0.6 is 0 Å². The van der Waals surface area contributed by atoms with Gasteiger partial charge < -0.3 is 4.84 Å². The molecule has 0 saturated heterocycles. The van der Waals surface area contributed by atoms with Crippen LogP contribution in [0.25, 0.3) is 22.5 Å². The molecule has 2 aromatic heterocycles. The van der Waals surface area contributed by atoms with E-state index in [0.29, 0.717) is 22.6 Å². The van der Waals surface area contributed by atoms with Crippen molar-refractivity contribution in [3.63, 3.8) is 0 Å². The molecule has 0 aliphatic carbocycles. The first kappa shape index (κ1) is 18.5. The van der Waals surface area contributed by atoms with Crippen LogP contribution in [0.15, 0.2) is 53.6 Å². The molecular formula is C17H16N4O5S. The van der Waals surface area contributed by atoms with Crippen molar-refractivity contribution in [2.45, 2.75) is 11.3 Å². The van der Waals surface area contributed by atoms with Crippen LogP contribution in [0.5, 0.6) is 0 Å². The van der Waals surface area contributed by atoms with E-state index in [2.05, 4.69) is 20.0 Å². The van der Waals surface area contributed by atoms with Gasteiger partial charge in [-0.1, -0.05) is 18.2 Å². The standard InChI is InChI=1S/C17H16N4O5S/c1-27(24,25)13-7-5-12(6-8-13)17-16(14-4-2-3-10-18-14)15(19-20-17)9-11-26-21(22)23/h2-8,10H,9,11H2,1H3,(H,19,20). The van der Waals surface area contributed by atoms with E-state index >= 15 is 0 Å². The van der Waals surface area contributed by atoms with Crippen molar-refractivity contribution in [2.24, 2.45) is 0 Å². The first-order chi connectivity index (χ1) is 12.9. The highest BCUT2D eigenvalue weighted by Gasteiger charge is 2.18. The second kappa shape index (κ2) is 7.54. The molecule has 27 heavy (non-hydrogen) atoms. The highest BCUT2D eigenvalue weighted by Crippen LogP contribution is 2.32. The molecule has 0 radical (unpaired) electrons. The molecular weight excluding hydrogens is 372 g/mol. The number of hydrogen-bond donors (Lipinski definition) is 1. The number of aromatic amines is 1. The number of nitrogens with zero attached hydrogens (tertiary/aromatic N) is 3. The van der Waals surface area contributed by atoms with Crippen LogP contribution in [0.4, 0.5) is 0 Å². The molecule has 3 rings (SSSR count). The zero-order valence-corrected chi connectivity index (χ0v) is 15.1. The largest absolute Gasteiger partial charge is 0.313 e. The van der Waals surface area contributed by atoms with E-state index in [9.17, 15) is 18.5 Å². The number of sulfone groups is 1. The van der Waals surface area contributed by atoms with Crippen LogP contribution in [0.1, 0.15) is 5.69 Å². The summed E-state index contributed by atoms with van der Waals surface area (Å²) in [5.41, 5.74) is 3.26. The quantitative estimate of drug-likeness (QED) is 0.486. The summed E-state index contributed by atoms with van der Waals surface area (Å²) < 4.78 is 23.3. The molecule has 0 amide bonds. The maximum absolute atomic E-state index is 11.6. The van der Waals surface area contributed by atoms with Crippen molar-refractivity contribution >= 4 is 9.84 Å². The third kappa shape index (κ3) is 4.29. The fourth-order valence-corrected chi connectivity index (χ4v) is 3.27. The number of pyridine rings is 1. The fraction of sp³-hybridized carbons (Fsp3) is 0.176. The van der Waals surface area contributed by atoms with Gasteiger partial charge in [0.2, 0.25) is 0 Å². The van der Waals surface area contributed by atoms with Crippen LogP contribution in [0, 0.1) is 10.1 Å².